The van der Waals surface area contributed by atoms with E-state index in [1.54, 1.807) is 18.6 Å². The minimum atomic E-state index is -0.392. The number of nitrogens with one attached hydrogen (secondary N) is 1. The summed E-state index contributed by atoms with van der Waals surface area (Å²) in [5, 5.41) is 1.77. The van der Waals surface area contributed by atoms with E-state index in [1.165, 1.54) is 11.3 Å². The van der Waals surface area contributed by atoms with Gasteiger partial charge in [-0.3, -0.25) is 9.63 Å². The molecule has 0 aliphatic rings. The van der Waals surface area contributed by atoms with Gasteiger partial charge in [0.25, 0.3) is 5.91 Å². The van der Waals surface area contributed by atoms with Gasteiger partial charge in [-0.05, 0) is 20.8 Å². The summed E-state index contributed by atoms with van der Waals surface area (Å²) in [5.74, 6) is 0.430. The van der Waals surface area contributed by atoms with Crippen molar-refractivity contribution in [2.75, 3.05) is 7.11 Å². The molecule has 1 aromatic rings. The molecule has 1 aromatic heterocycles. The van der Waals surface area contributed by atoms with Crippen LogP contribution in [0.2, 0.25) is 0 Å². The van der Waals surface area contributed by atoms with Gasteiger partial charge < -0.3 is 4.74 Å². The molecular weight excluding hydrogens is 214 g/mol. The first-order valence-corrected chi connectivity index (χ1v) is 5.41. The van der Waals surface area contributed by atoms with Crippen LogP contribution < -0.4 is 10.2 Å². The third kappa shape index (κ3) is 3.89. The molecule has 0 fully saturated rings. The molecule has 1 amide bonds. The summed E-state index contributed by atoms with van der Waals surface area (Å²) in [6.07, 6.45) is 0. The van der Waals surface area contributed by atoms with Gasteiger partial charge >= 0.3 is 0 Å². The number of hydrogen-bond acceptors (Lipinski definition) is 4. The van der Waals surface area contributed by atoms with Crippen molar-refractivity contribution in [3.63, 3.8) is 0 Å². The Morgan fingerprint density at radius 1 is 1.47 bits per heavy atom. The fourth-order valence-corrected chi connectivity index (χ4v) is 1.53. The van der Waals surface area contributed by atoms with Gasteiger partial charge in [-0.15, -0.1) is 11.3 Å². The number of ether oxygens (including phenoxy) is 1. The molecule has 4 nitrogen and oxygen atoms in total. The van der Waals surface area contributed by atoms with E-state index in [9.17, 15) is 4.79 Å². The maximum absolute atomic E-state index is 11.5. The highest BCUT2D eigenvalue weighted by atomic mass is 32.1. The first kappa shape index (κ1) is 12.0. The number of carbonyl (C=O) groups is 1. The molecule has 0 spiro atoms. The molecule has 0 aromatic carbocycles. The standard InChI is InChI=1S/C10H15NO3S/c1-10(2,3)14-11-9(12)8-5-7(13-4)6-15-8/h5-6H,1-4H3,(H,11,12). The number of thiophene rings is 1. The van der Waals surface area contributed by atoms with Gasteiger partial charge in [-0.25, -0.2) is 5.48 Å². The highest BCUT2D eigenvalue weighted by molar-refractivity contribution is 7.12. The summed E-state index contributed by atoms with van der Waals surface area (Å²) >= 11 is 1.32. The van der Waals surface area contributed by atoms with Crippen LogP contribution >= 0.6 is 11.3 Å². The van der Waals surface area contributed by atoms with E-state index in [2.05, 4.69) is 5.48 Å². The second-order valence-corrected chi connectivity index (χ2v) is 4.91. The predicted octanol–water partition coefficient (Wildman–Crippen LogP) is 2.22. The minimum Gasteiger partial charge on any atom is -0.496 e. The fraction of sp³-hybridized carbons (Fsp3) is 0.500. The Labute approximate surface area is 93.2 Å². The van der Waals surface area contributed by atoms with Crippen LogP contribution in [0.25, 0.3) is 0 Å². The molecule has 84 valence electrons. The summed E-state index contributed by atoms with van der Waals surface area (Å²) < 4.78 is 4.98. The van der Waals surface area contributed by atoms with Gasteiger partial charge in [0.2, 0.25) is 0 Å². The predicted molar refractivity (Wildman–Crippen MR) is 59.2 cm³/mol. The van der Waals surface area contributed by atoms with Crippen molar-refractivity contribution in [3.05, 3.63) is 16.3 Å². The van der Waals surface area contributed by atoms with Crippen molar-refractivity contribution < 1.29 is 14.4 Å². The average Bonchev–Trinajstić information content (AvgIpc) is 2.61. The van der Waals surface area contributed by atoms with Gasteiger partial charge in [-0.1, -0.05) is 0 Å². The number of hydrogen-bond donors (Lipinski definition) is 1. The van der Waals surface area contributed by atoms with Crippen LogP contribution in [0, 0.1) is 0 Å². The number of carbonyl (C=O) groups excluding carboxylic acids is 1. The lowest BCUT2D eigenvalue weighted by Crippen LogP contribution is -2.33. The van der Waals surface area contributed by atoms with Crippen molar-refractivity contribution in [3.8, 4) is 5.75 Å². The van der Waals surface area contributed by atoms with E-state index in [0.29, 0.717) is 10.6 Å². The molecule has 0 saturated carbocycles. The lowest BCUT2D eigenvalue weighted by Gasteiger charge is -2.18. The highest BCUT2D eigenvalue weighted by Gasteiger charge is 2.15. The van der Waals surface area contributed by atoms with Crippen LogP contribution in [0.5, 0.6) is 5.75 Å². The Hall–Kier alpha value is -1.07. The van der Waals surface area contributed by atoms with Gasteiger partial charge in [0, 0.05) is 11.4 Å². The molecule has 0 saturated heterocycles. The topological polar surface area (TPSA) is 47.6 Å². The first-order chi connectivity index (χ1) is 6.92. The second-order valence-electron chi connectivity index (χ2n) is 4.00. The van der Waals surface area contributed by atoms with Crippen molar-refractivity contribution in [2.24, 2.45) is 0 Å². The van der Waals surface area contributed by atoms with Crippen molar-refractivity contribution >= 4 is 17.2 Å². The summed E-state index contributed by atoms with van der Waals surface area (Å²) in [6, 6.07) is 1.67. The lowest BCUT2D eigenvalue weighted by atomic mass is 10.2. The molecule has 0 aliphatic carbocycles. The van der Waals surface area contributed by atoms with Crippen molar-refractivity contribution in [2.45, 2.75) is 26.4 Å². The maximum Gasteiger partial charge on any atom is 0.285 e. The van der Waals surface area contributed by atoms with Crippen LogP contribution in [-0.2, 0) is 4.84 Å². The van der Waals surface area contributed by atoms with Crippen molar-refractivity contribution in [1.29, 1.82) is 0 Å². The third-order valence-corrected chi connectivity index (χ3v) is 2.39. The Bertz CT molecular complexity index is 341. The summed E-state index contributed by atoms with van der Waals surface area (Å²) in [5.41, 5.74) is 2.00. The summed E-state index contributed by atoms with van der Waals surface area (Å²) in [6.45, 7) is 5.59. The summed E-state index contributed by atoms with van der Waals surface area (Å²) in [7, 11) is 1.56. The van der Waals surface area contributed by atoms with Gasteiger partial charge in [0.15, 0.2) is 0 Å². The Kier molecular flexibility index (Phi) is 3.71. The van der Waals surface area contributed by atoms with Crippen LogP contribution in [0.1, 0.15) is 30.4 Å². The molecule has 0 bridgehead atoms. The van der Waals surface area contributed by atoms with E-state index in [-0.39, 0.29) is 5.91 Å². The molecule has 15 heavy (non-hydrogen) atoms. The van der Waals surface area contributed by atoms with Gasteiger partial charge in [0.1, 0.15) is 5.75 Å². The molecule has 1 rings (SSSR count). The molecular formula is C10H15NO3S. The molecule has 0 radical (unpaired) electrons. The first-order valence-electron chi connectivity index (χ1n) is 4.53. The molecule has 0 aliphatic heterocycles. The summed E-state index contributed by atoms with van der Waals surface area (Å²) in [4.78, 5) is 17.3. The normalized spacial score (nSPS) is 11.2. The zero-order valence-corrected chi connectivity index (χ0v) is 10.1. The molecule has 0 atom stereocenters. The minimum absolute atomic E-state index is 0.252. The SMILES string of the molecule is COc1csc(C(=O)NOC(C)(C)C)c1. The smallest absolute Gasteiger partial charge is 0.285 e. The largest absolute Gasteiger partial charge is 0.496 e. The quantitative estimate of drug-likeness (QED) is 0.808. The van der Waals surface area contributed by atoms with Gasteiger partial charge in [0.05, 0.1) is 17.6 Å². The van der Waals surface area contributed by atoms with Crippen LogP contribution in [0.15, 0.2) is 11.4 Å². The Balaban J connectivity index is 2.54. The van der Waals surface area contributed by atoms with Gasteiger partial charge in [-0.2, -0.15) is 0 Å². The Morgan fingerprint density at radius 2 is 2.13 bits per heavy atom. The fourth-order valence-electron chi connectivity index (χ4n) is 0.795. The van der Waals surface area contributed by atoms with Crippen LogP contribution in [0.4, 0.5) is 0 Å². The second kappa shape index (κ2) is 4.63. The highest BCUT2D eigenvalue weighted by Crippen LogP contribution is 2.21. The molecule has 1 heterocycles. The zero-order valence-electron chi connectivity index (χ0n) is 9.29. The monoisotopic (exact) mass is 229 g/mol. The third-order valence-electron chi connectivity index (χ3n) is 1.48. The molecule has 0 unspecified atom stereocenters. The van der Waals surface area contributed by atoms with E-state index in [1.807, 2.05) is 20.8 Å². The molecule has 5 heteroatoms. The van der Waals surface area contributed by atoms with Crippen molar-refractivity contribution in [1.82, 2.24) is 5.48 Å². The number of rotatable bonds is 3. The number of hydroxylamine groups is 1. The van der Waals surface area contributed by atoms with E-state index in [4.69, 9.17) is 9.57 Å². The van der Waals surface area contributed by atoms with E-state index < -0.39 is 5.60 Å². The van der Waals surface area contributed by atoms with E-state index >= 15 is 0 Å². The zero-order chi connectivity index (χ0) is 11.5. The van der Waals surface area contributed by atoms with Crippen LogP contribution in [-0.4, -0.2) is 18.6 Å². The Morgan fingerprint density at radius 3 is 2.60 bits per heavy atom. The molecule has 1 N–H and O–H groups in total. The lowest BCUT2D eigenvalue weighted by molar-refractivity contribution is -0.0588. The van der Waals surface area contributed by atoms with Crippen LogP contribution in [0.3, 0.4) is 0 Å². The van der Waals surface area contributed by atoms with E-state index in [0.717, 1.165) is 0 Å². The number of amides is 1. The maximum atomic E-state index is 11.5. The number of methoxy groups -OCH3 is 1. The average molecular weight is 229 g/mol.